The molecule has 31 heteroatoms. The van der Waals surface area contributed by atoms with Gasteiger partial charge in [0, 0.05) is 14.2 Å². The Morgan fingerprint density at radius 3 is 0.899 bits per heavy atom. The van der Waals surface area contributed by atoms with Crippen LogP contribution in [-0.2, 0) is 61.6 Å². The summed E-state index contributed by atoms with van der Waals surface area (Å²) < 4.78 is 72.2. The van der Waals surface area contributed by atoms with E-state index in [0.29, 0.717) is 0 Å². The highest BCUT2D eigenvalue weighted by Gasteiger charge is 2.57. The largest absolute Gasteiger partial charge is 0.394 e. The fraction of sp³-hybridized carbons (Fsp3) is 1.00. The first-order chi connectivity index (χ1) is 32.8. The normalized spacial score (nSPS) is 52.2. The van der Waals surface area contributed by atoms with E-state index in [4.69, 9.17) is 61.6 Å². The molecule has 0 aromatic heterocycles. The van der Waals surface area contributed by atoms with Gasteiger partial charge in [-0.1, -0.05) is 0 Å². The van der Waals surface area contributed by atoms with Crippen LogP contribution in [0.1, 0.15) is 0 Å². The molecule has 12 unspecified atom stereocenters. The van der Waals surface area contributed by atoms with E-state index in [-0.39, 0.29) is 0 Å². The highest BCUT2D eigenvalue weighted by atomic mass is 16.8. The minimum Gasteiger partial charge on any atom is -0.394 e. The molecule has 0 aromatic rings. The van der Waals surface area contributed by atoms with Gasteiger partial charge in [0.1, 0.15) is 146 Å². The van der Waals surface area contributed by atoms with Crippen molar-refractivity contribution in [2.24, 2.45) is 0 Å². The summed E-state index contributed by atoms with van der Waals surface area (Å²) in [5.41, 5.74) is 0. The number of aliphatic hydroxyl groups is 18. The monoisotopic (exact) mass is 1020 g/mol. The molecule has 0 bridgehead atoms. The number of aliphatic hydroxyl groups excluding tert-OH is 18. The molecular formula is C38H66O31. The lowest BCUT2D eigenvalue weighted by Gasteiger charge is -2.50. The van der Waals surface area contributed by atoms with Gasteiger partial charge in [-0.15, -0.1) is 0 Å². The van der Waals surface area contributed by atoms with E-state index in [1.807, 2.05) is 0 Å². The van der Waals surface area contributed by atoms with E-state index < -0.39 is 224 Å². The zero-order chi connectivity index (χ0) is 50.8. The van der Waals surface area contributed by atoms with Crippen LogP contribution in [0, 0.1) is 0 Å². The lowest BCUT2D eigenvalue weighted by atomic mass is 9.95. The van der Waals surface area contributed by atoms with E-state index in [1.165, 1.54) is 7.11 Å². The third-order valence-electron chi connectivity index (χ3n) is 12.9. The highest BCUT2D eigenvalue weighted by Crippen LogP contribution is 2.36. The molecule has 6 saturated heterocycles. The second kappa shape index (κ2) is 24.9. The van der Waals surface area contributed by atoms with E-state index in [0.717, 1.165) is 7.11 Å². The number of hydrogen-bond donors (Lipinski definition) is 18. The molecule has 31 nitrogen and oxygen atoms in total. The summed E-state index contributed by atoms with van der Waals surface area (Å²) in [7, 11) is 2.33. The molecule has 0 amide bonds. The Hall–Kier alpha value is -1.24. The Kier molecular flexibility index (Phi) is 20.6. The number of rotatable bonds is 18. The summed E-state index contributed by atoms with van der Waals surface area (Å²) in [4.78, 5) is 0. The van der Waals surface area contributed by atoms with Crippen molar-refractivity contribution in [3.05, 3.63) is 0 Å². The molecule has 6 fully saturated rings. The van der Waals surface area contributed by atoms with Crippen molar-refractivity contribution >= 4 is 0 Å². The minimum absolute atomic E-state index is 0.700. The van der Waals surface area contributed by atoms with E-state index in [9.17, 15) is 91.9 Å². The molecule has 6 aliphatic rings. The summed E-state index contributed by atoms with van der Waals surface area (Å²) in [5, 5.41) is 192. The number of ether oxygens (including phenoxy) is 13. The van der Waals surface area contributed by atoms with Crippen LogP contribution in [0.3, 0.4) is 0 Å². The molecule has 30 atom stereocenters. The predicted octanol–water partition coefficient (Wildman–Crippen LogP) is -12.8. The van der Waals surface area contributed by atoms with Gasteiger partial charge in [-0.25, -0.2) is 0 Å². The Morgan fingerprint density at radius 2 is 0.551 bits per heavy atom. The summed E-state index contributed by atoms with van der Waals surface area (Å²) in [6.45, 7) is -5.23. The fourth-order valence-electron chi connectivity index (χ4n) is 8.87. The molecule has 18 N–H and O–H groups in total. The predicted molar refractivity (Wildman–Crippen MR) is 209 cm³/mol. The molecule has 69 heavy (non-hydrogen) atoms. The van der Waals surface area contributed by atoms with Crippen molar-refractivity contribution in [3.8, 4) is 0 Å². The first-order valence-corrected chi connectivity index (χ1v) is 21.9. The zero-order valence-electron chi connectivity index (χ0n) is 36.9. The van der Waals surface area contributed by atoms with Crippen molar-refractivity contribution in [2.75, 3.05) is 53.9 Å². The molecule has 0 saturated carbocycles. The lowest BCUT2D eigenvalue weighted by molar-refractivity contribution is -0.395. The maximum Gasteiger partial charge on any atom is 0.187 e. The second-order valence-corrected chi connectivity index (χ2v) is 17.2. The van der Waals surface area contributed by atoms with Gasteiger partial charge in [0.15, 0.2) is 37.7 Å². The van der Waals surface area contributed by atoms with E-state index in [2.05, 4.69) is 0 Å². The van der Waals surface area contributed by atoms with Gasteiger partial charge in [-0.2, -0.15) is 0 Å². The van der Waals surface area contributed by atoms with Crippen LogP contribution >= 0.6 is 0 Å². The standard InChI is InChI=1S/C38H66O31/c1-57-28-10(4-40)62-35(24(53)17(28)46)66-30-12(6-42)63-36(25(54)19(30)48)67-31-13(7-43)64-37(26(55)20(31)49)69-32-14(8-59-34-22(51)16(45)15(44)9(3-39)60-34)65-38(27(56)21(32)50)68-29-11(5-41)61-33(58-2)23(52)18(29)47/h9-56H,3-8H2,1-2H3/t9-,10?,11?,12-,13?,14-,15-,16?,17+,18-,19?,20+,21?,22?,23?,24?,25?,26?,27?,28+,29+,30+,31+,32+,33+,34-,35-,36+,37-,38+/m0/s1. The molecule has 6 rings (SSSR count). The van der Waals surface area contributed by atoms with E-state index in [1.54, 1.807) is 0 Å². The van der Waals surface area contributed by atoms with Crippen LogP contribution in [0.4, 0.5) is 0 Å². The van der Waals surface area contributed by atoms with Crippen molar-refractivity contribution in [1.29, 1.82) is 0 Å². The van der Waals surface area contributed by atoms with Crippen LogP contribution in [0.15, 0.2) is 0 Å². The van der Waals surface area contributed by atoms with Gasteiger partial charge in [-0.05, 0) is 0 Å². The summed E-state index contributed by atoms with van der Waals surface area (Å²) in [6, 6.07) is 0. The highest BCUT2D eigenvalue weighted by molar-refractivity contribution is 4.99. The fourth-order valence-corrected chi connectivity index (χ4v) is 8.87. The van der Waals surface area contributed by atoms with Crippen LogP contribution in [0.2, 0.25) is 0 Å². The van der Waals surface area contributed by atoms with Gasteiger partial charge >= 0.3 is 0 Å². The van der Waals surface area contributed by atoms with Gasteiger partial charge in [0.2, 0.25) is 0 Å². The van der Waals surface area contributed by atoms with Crippen LogP contribution in [0.25, 0.3) is 0 Å². The average Bonchev–Trinajstić information content (AvgIpc) is 3.34. The summed E-state index contributed by atoms with van der Waals surface area (Å²) >= 11 is 0. The second-order valence-electron chi connectivity index (χ2n) is 17.2. The van der Waals surface area contributed by atoms with E-state index >= 15 is 0 Å². The molecule has 0 radical (unpaired) electrons. The molecule has 0 spiro atoms. The van der Waals surface area contributed by atoms with Crippen molar-refractivity contribution < 1.29 is 153 Å². The van der Waals surface area contributed by atoms with Crippen molar-refractivity contribution in [2.45, 2.75) is 184 Å². The summed E-state index contributed by atoms with van der Waals surface area (Å²) in [5.74, 6) is 0. The minimum atomic E-state index is -2.22. The van der Waals surface area contributed by atoms with Crippen LogP contribution < -0.4 is 0 Å². The van der Waals surface area contributed by atoms with Gasteiger partial charge in [0.05, 0.1) is 39.6 Å². The maximum absolute atomic E-state index is 11.5. The SMILES string of the molecule is CO[C@@H]1OC(CO)[C@@H](O[C@H]2O[C@@H](CO[C@H]3O[C@@H](CO)[C@H](O)C(O)C3O)[C@@H](O[C@@H]3OC(CO)[C@@H](O[C@H]4O[C@@H](CO)[C@@H](O[C@@H]5OC(CO)[C@@H](OC)[C@H](O)C5O)C(O)C4O)[C@H](O)C3O)C(O)C2O)[C@@H](O)C1O. The Labute approximate surface area is 391 Å². The quantitative estimate of drug-likeness (QED) is 0.0606. The first-order valence-electron chi connectivity index (χ1n) is 21.9. The van der Waals surface area contributed by atoms with Gasteiger partial charge < -0.3 is 153 Å². The van der Waals surface area contributed by atoms with Gasteiger partial charge in [-0.3, -0.25) is 0 Å². The van der Waals surface area contributed by atoms with Crippen LogP contribution in [0.5, 0.6) is 0 Å². The molecule has 6 heterocycles. The molecular weight excluding hydrogens is 952 g/mol. The molecule has 0 aromatic carbocycles. The Bertz CT molecular complexity index is 1530. The average molecular weight is 1020 g/mol. The smallest absolute Gasteiger partial charge is 0.187 e. The molecule has 6 aliphatic heterocycles. The number of methoxy groups -OCH3 is 2. The van der Waals surface area contributed by atoms with Crippen LogP contribution in [-0.4, -0.2) is 330 Å². The number of hydrogen-bond acceptors (Lipinski definition) is 31. The Balaban J connectivity index is 1.17. The maximum atomic E-state index is 11.5. The zero-order valence-corrected chi connectivity index (χ0v) is 36.9. The topological polar surface area (TPSA) is 484 Å². The Morgan fingerprint density at radius 1 is 0.275 bits per heavy atom. The first kappa shape index (κ1) is 57.0. The third-order valence-corrected chi connectivity index (χ3v) is 12.9. The molecule has 0 aliphatic carbocycles. The van der Waals surface area contributed by atoms with Crippen molar-refractivity contribution in [1.82, 2.24) is 0 Å². The summed E-state index contributed by atoms with van der Waals surface area (Å²) in [6.07, 6.45) is -54.3. The lowest BCUT2D eigenvalue weighted by Crippen LogP contribution is -2.68. The molecule has 404 valence electrons. The third kappa shape index (κ3) is 11.8. The van der Waals surface area contributed by atoms with Gasteiger partial charge in [0.25, 0.3) is 0 Å². The van der Waals surface area contributed by atoms with Crippen molar-refractivity contribution in [3.63, 3.8) is 0 Å².